The Labute approximate surface area is 189 Å². The number of aryl methyl sites for hydroxylation is 1. The standard InChI is InChI=1S/C25H28N4OS/c1-19-7-5-6-10-22(19)29-23-12-11-21(17-26-23)28-24(31)27-18-25(13-15-30-16-14-25)20-8-3-2-4-9-20/h2-12,17H,13-16,18H2,1H3,(H,26,29)(H2,27,28,31). The van der Waals surface area contributed by atoms with Gasteiger partial charge in [-0.1, -0.05) is 48.5 Å². The molecule has 0 spiro atoms. The number of ether oxygens (including phenoxy) is 1. The van der Waals surface area contributed by atoms with Crippen molar-refractivity contribution in [1.29, 1.82) is 0 Å². The molecular weight excluding hydrogens is 404 g/mol. The maximum atomic E-state index is 5.62. The van der Waals surface area contributed by atoms with Gasteiger partial charge < -0.3 is 20.7 Å². The fourth-order valence-electron chi connectivity index (χ4n) is 3.94. The van der Waals surface area contributed by atoms with Gasteiger partial charge in [0.2, 0.25) is 0 Å². The highest BCUT2D eigenvalue weighted by Gasteiger charge is 2.34. The molecule has 160 valence electrons. The largest absolute Gasteiger partial charge is 0.381 e. The summed E-state index contributed by atoms with van der Waals surface area (Å²) in [5.41, 5.74) is 4.45. The topological polar surface area (TPSA) is 58.2 Å². The number of rotatable bonds is 6. The summed E-state index contributed by atoms with van der Waals surface area (Å²) < 4.78 is 5.62. The van der Waals surface area contributed by atoms with E-state index in [-0.39, 0.29) is 5.41 Å². The first-order valence-electron chi connectivity index (χ1n) is 10.6. The van der Waals surface area contributed by atoms with Crippen LogP contribution in [0.3, 0.4) is 0 Å². The van der Waals surface area contributed by atoms with Crippen LogP contribution in [0, 0.1) is 6.92 Å². The van der Waals surface area contributed by atoms with Crippen LogP contribution in [-0.2, 0) is 10.2 Å². The lowest BCUT2D eigenvalue weighted by molar-refractivity contribution is 0.0515. The monoisotopic (exact) mass is 432 g/mol. The van der Waals surface area contributed by atoms with Crippen molar-refractivity contribution in [2.45, 2.75) is 25.2 Å². The van der Waals surface area contributed by atoms with E-state index < -0.39 is 0 Å². The van der Waals surface area contributed by atoms with E-state index in [1.807, 2.05) is 30.3 Å². The summed E-state index contributed by atoms with van der Waals surface area (Å²) in [5.74, 6) is 0.795. The molecule has 0 unspecified atom stereocenters. The lowest BCUT2D eigenvalue weighted by Crippen LogP contribution is -2.45. The highest BCUT2D eigenvalue weighted by molar-refractivity contribution is 7.80. The third-order valence-electron chi connectivity index (χ3n) is 5.85. The SMILES string of the molecule is Cc1ccccc1Nc1ccc(NC(=S)NCC2(c3ccccc3)CCOCC2)cn1. The van der Waals surface area contributed by atoms with E-state index in [9.17, 15) is 0 Å². The van der Waals surface area contributed by atoms with Gasteiger partial charge in [0.05, 0.1) is 11.9 Å². The van der Waals surface area contributed by atoms with Gasteiger partial charge in [0.25, 0.3) is 0 Å². The Bertz CT molecular complexity index is 1000. The highest BCUT2D eigenvalue weighted by atomic mass is 32.1. The van der Waals surface area contributed by atoms with Gasteiger partial charge in [-0.25, -0.2) is 4.98 Å². The number of anilines is 3. The zero-order valence-electron chi connectivity index (χ0n) is 17.7. The molecule has 1 aromatic heterocycles. The molecule has 1 aliphatic heterocycles. The minimum Gasteiger partial charge on any atom is -0.381 e. The van der Waals surface area contributed by atoms with Gasteiger partial charge in [-0.3, -0.25) is 0 Å². The smallest absolute Gasteiger partial charge is 0.170 e. The van der Waals surface area contributed by atoms with Gasteiger partial charge in [-0.05, 0) is 61.3 Å². The number of benzene rings is 2. The van der Waals surface area contributed by atoms with Gasteiger partial charge in [0, 0.05) is 30.9 Å². The molecule has 0 radical (unpaired) electrons. The number of pyridine rings is 1. The van der Waals surface area contributed by atoms with E-state index in [0.29, 0.717) is 5.11 Å². The van der Waals surface area contributed by atoms with Crippen molar-refractivity contribution in [1.82, 2.24) is 10.3 Å². The van der Waals surface area contributed by atoms with E-state index in [2.05, 4.69) is 64.3 Å². The highest BCUT2D eigenvalue weighted by Crippen LogP contribution is 2.34. The van der Waals surface area contributed by atoms with E-state index in [0.717, 1.165) is 49.8 Å². The second-order valence-electron chi connectivity index (χ2n) is 7.94. The Hall–Kier alpha value is -2.96. The molecular formula is C25H28N4OS. The summed E-state index contributed by atoms with van der Waals surface area (Å²) in [4.78, 5) is 4.50. The quantitative estimate of drug-likeness (QED) is 0.467. The minimum atomic E-state index is 0.0326. The van der Waals surface area contributed by atoms with Crippen molar-refractivity contribution in [3.05, 3.63) is 84.1 Å². The lowest BCUT2D eigenvalue weighted by Gasteiger charge is -2.38. The molecule has 2 aromatic carbocycles. The molecule has 3 N–H and O–H groups in total. The Balaban J connectivity index is 1.35. The normalized spacial score (nSPS) is 15.1. The van der Waals surface area contributed by atoms with Crippen molar-refractivity contribution in [3.63, 3.8) is 0 Å². The van der Waals surface area contributed by atoms with Crippen molar-refractivity contribution in [2.75, 3.05) is 30.4 Å². The van der Waals surface area contributed by atoms with Gasteiger partial charge in [-0.15, -0.1) is 0 Å². The average molecular weight is 433 g/mol. The first-order valence-corrected chi connectivity index (χ1v) is 11.0. The van der Waals surface area contributed by atoms with Crippen LogP contribution in [-0.4, -0.2) is 29.9 Å². The van der Waals surface area contributed by atoms with Crippen molar-refractivity contribution < 1.29 is 4.74 Å². The number of nitrogens with one attached hydrogen (secondary N) is 3. The third kappa shape index (κ3) is 5.40. The van der Waals surface area contributed by atoms with Gasteiger partial charge >= 0.3 is 0 Å². The van der Waals surface area contributed by atoms with Gasteiger partial charge in [0.1, 0.15) is 5.82 Å². The molecule has 1 saturated heterocycles. The second-order valence-corrected chi connectivity index (χ2v) is 8.35. The van der Waals surface area contributed by atoms with Crippen molar-refractivity contribution in [3.8, 4) is 0 Å². The minimum absolute atomic E-state index is 0.0326. The summed E-state index contributed by atoms with van der Waals surface area (Å²) in [6.07, 6.45) is 3.75. The summed E-state index contributed by atoms with van der Waals surface area (Å²) >= 11 is 5.56. The summed E-state index contributed by atoms with van der Waals surface area (Å²) in [5, 5.41) is 10.6. The zero-order valence-corrected chi connectivity index (χ0v) is 18.5. The van der Waals surface area contributed by atoms with Crippen LogP contribution in [0.1, 0.15) is 24.0 Å². The van der Waals surface area contributed by atoms with Crippen LogP contribution in [0.15, 0.2) is 72.9 Å². The Morgan fingerprint density at radius 1 is 1.00 bits per heavy atom. The molecule has 4 rings (SSSR count). The molecule has 0 aliphatic carbocycles. The van der Waals surface area contributed by atoms with Crippen molar-refractivity contribution >= 4 is 34.5 Å². The molecule has 31 heavy (non-hydrogen) atoms. The third-order valence-corrected chi connectivity index (χ3v) is 6.10. The van der Waals surface area contributed by atoms with E-state index in [1.54, 1.807) is 6.20 Å². The zero-order chi connectivity index (χ0) is 21.5. The molecule has 2 heterocycles. The molecule has 3 aromatic rings. The summed E-state index contributed by atoms with van der Waals surface area (Å²) in [7, 11) is 0. The Morgan fingerprint density at radius 2 is 1.74 bits per heavy atom. The fourth-order valence-corrected chi connectivity index (χ4v) is 4.13. The van der Waals surface area contributed by atoms with Crippen LogP contribution < -0.4 is 16.0 Å². The Kier molecular flexibility index (Phi) is 6.79. The van der Waals surface area contributed by atoms with E-state index in [1.165, 1.54) is 11.1 Å². The van der Waals surface area contributed by atoms with Gasteiger partial charge in [-0.2, -0.15) is 0 Å². The number of hydrogen-bond donors (Lipinski definition) is 3. The molecule has 1 aliphatic rings. The van der Waals surface area contributed by atoms with Crippen LogP contribution >= 0.6 is 12.2 Å². The summed E-state index contributed by atoms with van der Waals surface area (Å²) in [6.45, 7) is 4.39. The predicted molar refractivity (Wildman–Crippen MR) is 131 cm³/mol. The molecule has 0 bridgehead atoms. The van der Waals surface area contributed by atoms with E-state index in [4.69, 9.17) is 17.0 Å². The maximum Gasteiger partial charge on any atom is 0.170 e. The predicted octanol–water partition coefficient (Wildman–Crippen LogP) is 5.17. The molecule has 0 amide bonds. The molecule has 0 saturated carbocycles. The van der Waals surface area contributed by atoms with Crippen LogP contribution in [0.5, 0.6) is 0 Å². The molecule has 5 nitrogen and oxygen atoms in total. The number of para-hydroxylation sites is 1. The van der Waals surface area contributed by atoms with Crippen molar-refractivity contribution in [2.24, 2.45) is 0 Å². The average Bonchev–Trinajstić information content (AvgIpc) is 2.82. The first kappa shape index (κ1) is 21.3. The molecule has 1 fully saturated rings. The van der Waals surface area contributed by atoms with Crippen LogP contribution in [0.4, 0.5) is 17.2 Å². The fraction of sp³-hybridized carbons (Fsp3) is 0.280. The summed E-state index contributed by atoms with van der Waals surface area (Å²) in [6, 6.07) is 22.7. The van der Waals surface area contributed by atoms with Gasteiger partial charge in [0.15, 0.2) is 5.11 Å². The number of thiocarbonyl (C=S) groups is 1. The second kappa shape index (κ2) is 9.90. The number of hydrogen-bond acceptors (Lipinski definition) is 4. The number of nitrogens with zero attached hydrogens (tertiary/aromatic N) is 1. The van der Waals surface area contributed by atoms with Crippen LogP contribution in [0.2, 0.25) is 0 Å². The lowest BCUT2D eigenvalue weighted by atomic mass is 9.74. The van der Waals surface area contributed by atoms with Crippen LogP contribution in [0.25, 0.3) is 0 Å². The molecule has 0 atom stereocenters. The molecule has 6 heteroatoms. The first-order chi connectivity index (χ1) is 15.1. The Morgan fingerprint density at radius 3 is 2.45 bits per heavy atom. The number of aromatic nitrogens is 1. The van der Waals surface area contributed by atoms with E-state index >= 15 is 0 Å². The maximum absolute atomic E-state index is 5.62.